The van der Waals surface area contributed by atoms with Crippen molar-refractivity contribution in [3.8, 4) is 0 Å². The van der Waals surface area contributed by atoms with Gasteiger partial charge in [-0.2, -0.15) is 0 Å². The van der Waals surface area contributed by atoms with Crippen molar-refractivity contribution in [2.75, 3.05) is 33.4 Å². The highest BCUT2D eigenvalue weighted by Crippen LogP contribution is 2.10. The number of thiophene rings is 1. The zero-order valence-electron chi connectivity index (χ0n) is 8.61. The Labute approximate surface area is 89.5 Å². The molecule has 0 saturated heterocycles. The Hall–Kier alpha value is -0.420. The van der Waals surface area contributed by atoms with Crippen molar-refractivity contribution in [3.05, 3.63) is 22.4 Å². The molecule has 0 amide bonds. The largest absolute Gasteiger partial charge is 0.379 e. The van der Waals surface area contributed by atoms with E-state index in [1.807, 2.05) is 0 Å². The number of hydrogen-bond donors (Lipinski definition) is 1. The van der Waals surface area contributed by atoms with Crippen LogP contribution in [0.5, 0.6) is 0 Å². The van der Waals surface area contributed by atoms with Crippen molar-refractivity contribution in [1.29, 1.82) is 0 Å². The quantitative estimate of drug-likeness (QED) is 0.692. The number of nitrogens with two attached hydrogens (primary N) is 1. The zero-order chi connectivity index (χ0) is 10.2. The van der Waals surface area contributed by atoms with Crippen LogP contribution in [-0.4, -0.2) is 38.3 Å². The maximum Gasteiger partial charge on any atom is 0.0594 e. The highest BCUT2D eigenvalue weighted by molar-refractivity contribution is 7.09. The number of rotatable bonds is 7. The van der Waals surface area contributed by atoms with Crippen LogP contribution in [0.1, 0.15) is 4.88 Å². The standard InChI is InChI=1S/C10H18N2OS/c1-12(5-7-13-6-4-11)9-10-3-2-8-14-10/h2-3,8H,4-7,9,11H2,1H3. The molecule has 1 aromatic rings. The number of ether oxygens (including phenoxy) is 1. The van der Waals surface area contributed by atoms with Gasteiger partial charge in [0, 0.05) is 24.5 Å². The predicted molar refractivity (Wildman–Crippen MR) is 60.5 cm³/mol. The van der Waals surface area contributed by atoms with Crippen LogP contribution < -0.4 is 5.73 Å². The number of likely N-dealkylation sites (N-methyl/N-ethyl adjacent to an activating group) is 1. The summed E-state index contributed by atoms with van der Waals surface area (Å²) in [5, 5.41) is 2.11. The summed E-state index contributed by atoms with van der Waals surface area (Å²) in [5.41, 5.74) is 5.32. The molecule has 4 heteroatoms. The second kappa shape index (κ2) is 6.95. The third kappa shape index (κ3) is 4.72. The third-order valence-electron chi connectivity index (χ3n) is 1.89. The zero-order valence-corrected chi connectivity index (χ0v) is 9.43. The van der Waals surface area contributed by atoms with E-state index < -0.39 is 0 Å². The van der Waals surface area contributed by atoms with E-state index in [2.05, 4.69) is 29.5 Å². The van der Waals surface area contributed by atoms with E-state index >= 15 is 0 Å². The molecule has 1 heterocycles. The molecule has 0 saturated carbocycles. The maximum atomic E-state index is 5.32. The van der Waals surface area contributed by atoms with Gasteiger partial charge in [0.2, 0.25) is 0 Å². The molecule has 1 rings (SSSR count). The molecule has 0 spiro atoms. The summed E-state index contributed by atoms with van der Waals surface area (Å²) in [4.78, 5) is 3.65. The molecule has 0 aliphatic heterocycles. The van der Waals surface area contributed by atoms with Crippen LogP contribution in [0.4, 0.5) is 0 Å². The summed E-state index contributed by atoms with van der Waals surface area (Å²) in [7, 11) is 2.10. The first-order valence-electron chi connectivity index (χ1n) is 4.81. The van der Waals surface area contributed by atoms with Crippen LogP contribution in [0.2, 0.25) is 0 Å². The normalized spacial score (nSPS) is 11.1. The number of hydrogen-bond acceptors (Lipinski definition) is 4. The van der Waals surface area contributed by atoms with Crippen LogP contribution in [0.25, 0.3) is 0 Å². The smallest absolute Gasteiger partial charge is 0.0594 e. The molecule has 0 aliphatic rings. The van der Waals surface area contributed by atoms with Gasteiger partial charge in [-0.25, -0.2) is 0 Å². The first-order valence-corrected chi connectivity index (χ1v) is 5.69. The van der Waals surface area contributed by atoms with Crippen LogP contribution in [0.3, 0.4) is 0 Å². The Morgan fingerprint density at radius 2 is 2.36 bits per heavy atom. The molecule has 2 N–H and O–H groups in total. The predicted octanol–water partition coefficient (Wildman–Crippen LogP) is 1.16. The molecule has 3 nitrogen and oxygen atoms in total. The van der Waals surface area contributed by atoms with E-state index in [1.165, 1.54) is 4.88 Å². The van der Waals surface area contributed by atoms with Crippen molar-refractivity contribution in [3.63, 3.8) is 0 Å². The molecule has 0 bridgehead atoms. The van der Waals surface area contributed by atoms with Gasteiger partial charge in [-0.05, 0) is 18.5 Å². The van der Waals surface area contributed by atoms with Gasteiger partial charge < -0.3 is 10.5 Å². The van der Waals surface area contributed by atoms with Crippen LogP contribution in [-0.2, 0) is 11.3 Å². The fourth-order valence-electron chi connectivity index (χ4n) is 1.15. The molecule has 0 unspecified atom stereocenters. The van der Waals surface area contributed by atoms with E-state index in [9.17, 15) is 0 Å². The summed E-state index contributed by atoms with van der Waals surface area (Å²) in [6.07, 6.45) is 0. The molecule has 0 fully saturated rings. The van der Waals surface area contributed by atoms with Crippen molar-refractivity contribution in [2.24, 2.45) is 5.73 Å². The van der Waals surface area contributed by atoms with Gasteiger partial charge in [0.05, 0.1) is 13.2 Å². The lowest BCUT2D eigenvalue weighted by Crippen LogP contribution is -2.23. The summed E-state index contributed by atoms with van der Waals surface area (Å²) in [5.74, 6) is 0. The molecule has 0 radical (unpaired) electrons. The number of nitrogens with zero attached hydrogens (tertiary/aromatic N) is 1. The van der Waals surface area contributed by atoms with Crippen molar-refractivity contribution < 1.29 is 4.74 Å². The lowest BCUT2D eigenvalue weighted by Gasteiger charge is -2.15. The Kier molecular flexibility index (Phi) is 5.78. The average molecular weight is 214 g/mol. The van der Waals surface area contributed by atoms with Crippen LogP contribution in [0.15, 0.2) is 17.5 Å². The van der Waals surface area contributed by atoms with E-state index in [4.69, 9.17) is 10.5 Å². The van der Waals surface area contributed by atoms with Gasteiger partial charge in [-0.3, -0.25) is 4.90 Å². The molecule has 0 aliphatic carbocycles. The summed E-state index contributed by atoms with van der Waals surface area (Å²) in [6.45, 7) is 3.99. The van der Waals surface area contributed by atoms with Crippen molar-refractivity contribution in [1.82, 2.24) is 4.90 Å². The molecule has 0 atom stereocenters. The van der Waals surface area contributed by atoms with E-state index in [-0.39, 0.29) is 0 Å². The van der Waals surface area contributed by atoms with Gasteiger partial charge in [-0.1, -0.05) is 6.07 Å². The lowest BCUT2D eigenvalue weighted by molar-refractivity contribution is 0.116. The summed E-state index contributed by atoms with van der Waals surface area (Å²) >= 11 is 1.79. The molecule has 0 aromatic carbocycles. The van der Waals surface area contributed by atoms with Gasteiger partial charge in [0.1, 0.15) is 0 Å². The van der Waals surface area contributed by atoms with Crippen molar-refractivity contribution >= 4 is 11.3 Å². The van der Waals surface area contributed by atoms with Gasteiger partial charge in [0.25, 0.3) is 0 Å². The highest BCUT2D eigenvalue weighted by Gasteiger charge is 2.00. The second-order valence-electron chi connectivity index (χ2n) is 3.22. The molecular weight excluding hydrogens is 196 g/mol. The minimum atomic E-state index is 0.606. The third-order valence-corrected chi connectivity index (χ3v) is 2.75. The minimum absolute atomic E-state index is 0.606. The second-order valence-corrected chi connectivity index (χ2v) is 4.25. The molecular formula is C10H18N2OS. The fourth-order valence-corrected chi connectivity index (χ4v) is 1.94. The Bertz CT molecular complexity index is 226. The van der Waals surface area contributed by atoms with E-state index in [0.717, 1.165) is 19.7 Å². The Balaban J connectivity index is 2.07. The van der Waals surface area contributed by atoms with Gasteiger partial charge in [0.15, 0.2) is 0 Å². The minimum Gasteiger partial charge on any atom is -0.379 e. The average Bonchev–Trinajstić information content (AvgIpc) is 2.65. The Morgan fingerprint density at radius 1 is 1.50 bits per heavy atom. The fraction of sp³-hybridized carbons (Fsp3) is 0.600. The van der Waals surface area contributed by atoms with E-state index in [0.29, 0.717) is 13.2 Å². The topological polar surface area (TPSA) is 38.5 Å². The first-order chi connectivity index (χ1) is 6.83. The van der Waals surface area contributed by atoms with Crippen molar-refractivity contribution in [2.45, 2.75) is 6.54 Å². The van der Waals surface area contributed by atoms with E-state index in [1.54, 1.807) is 11.3 Å². The van der Waals surface area contributed by atoms with Gasteiger partial charge >= 0.3 is 0 Å². The highest BCUT2D eigenvalue weighted by atomic mass is 32.1. The van der Waals surface area contributed by atoms with Crippen LogP contribution in [0, 0.1) is 0 Å². The van der Waals surface area contributed by atoms with Gasteiger partial charge in [-0.15, -0.1) is 11.3 Å². The molecule has 80 valence electrons. The summed E-state index contributed by atoms with van der Waals surface area (Å²) in [6, 6.07) is 4.24. The molecule has 1 aromatic heterocycles. The van der Waals surface area contributed by atoms with Crippen LogP contribution >= 0.6 is 11.3 Å². The first kappa shape index (κ1) is 11.7. The monoisotopic (exact) mass is 214 g/mol. The molecule has 14 heavy (non-hydrogen) atoms. The summed E-state index contributed by atoms with van der Waals surface area (Å²) < 4.78 is 5.31. The Morgan fingerprint density at radius 3 is 3.00 bits per heavy atom. The maximum absolute atomic E-state index is 5.32. The SMILES string of the molecule is CN(CCOCCN)Cc1cccs1. The lowest BCUT2D eigenvalue weighted by atomic mass is 10.4.